The van der Waals surface area contributed by atoms with E-state index in [1.807, 2.05) is 57.0 Å². The second kappa shape index (κ2) is 7.85. The van der Waals surface area contributed by atoms with Crippen LogP contribution in [0, 0.1) is 6.92 Å². The van der Waals surface area contributed by atoms with Gasteiger partial charge in [0.2, 0.25) is 5.95 Å². The number of aliphatic imine (C=N–C) groups is 1. The lowest BCUT2D eigenvalue weighted by atomic mass is 10.1. The Balaban J connectivity index is 1.58. The van der Waals surface area contributed by atoms with Gasteiger partial charge in [0.1, 0.15) is 6.17 Å². The zero-order valence-corrected chi connectivity index (χ0v) is 17.7. The number of hydrogen-bond acceptors (Lipinski definition) is 6. The van der Waals surface area contributed by atoms with Crippen LogP contribution >= 0.6 is 0 Å². The highest BCUT2D eigenvalue weighted by molar-refractivity contribution is 5.83. The van der Waals surface area contributed by atoms with E-state index in [0.717, 1.165) is 39.6 Å². The molecule has 1 fully saturated rings. The SMILES string of the molecule is C=C(C)N1CC(F)C(Nc2ncc3c(-c4ccc(N=C(C)C)c(C)n4)ccn3n2)C1. The average molecular weight is 407 g/mol. The number of likely N-dealkylation sites (tertiary alicyclic amines) is 1. The topological polar surface area (TPSA) is 70.7 Å². The van der Waals surface area contributed by atoms with Crippen LogP contribution < -0.4 is 5.32 Å². The molecule has 2 unspecified atom stereocenters. The number of pyridine rings is 1. The Morgan fingerprint density at radius 2 is 2.03 bits per heavy atom. The van der Waals surface area contributed by atoms with Crippen molar-refractivity contribution in [2.75, 3.05) is 18.4 Å². The minimum absolute atomic E-state index is 0.339. The van der Waals surface area contributed by atoms with E-state index in [1.54, 1.807) is 10.7 Å². The summed E-state index contributed by atoms with van der Waals surface area (Å²) >= 11 is 0. The molecule has 4 rings (SSSR count). The van der Waals surface area contributed by atoms with Crippen LogP contribution in [-0.4, -0.2) is 55.5 Å². The van der Waals surface area contributed by atoms with E-state index in [2.05, 4.69) is 27.0 Å². The zero-order valence-electron chi connectivity index (χ0n) is 17.7. The Bertz CT molecular complexity index is 1130. The molecule has 3 aromatic rings. The Morgan fingerprint density at radius 3 is 2.70 bits per heavy atom. The molecule has 8 heteroatoms. The molecule has 1 aliphatic heterocycles. The number of nitrogens with zero attached hydrogens (tertiary/aromatic N) is 6. The van der Waals surface area contributed by atoms with Crippen LogP contribution in [0.2, 0.25) is 0 Å². The second-order valence-electron chi connectivity index (χ2n) is 7.91. The molecule has 2 atom stereocenters. The monoisotopic (exact) mass is 407 g/mol. The van der Waals surface area contributed by atoms with Gasteiger partial charge in [-0.15, -0.1) is 5.10 Å². The van der Waals surface area contributed by atoms with Crippen molar-refractivity contribution in [3.63, 3.8) is 0 Å². The van der Waals surface area contributed by atoms with E-state index >= 15 is 0 Å². The minimum Gasteiger partial charge on any atom is -0.370 e. The number of nitrogens with one attached hydrogen (secondary N) is 1. The highest BCUT2D eigenvalue weighted by atomic mass is 19.1. The summed E-state index contributed by atoms with van der Waals surface area (Å²) in [6, 6.07) is 5.52. The average Bonchev–Trinajstić information content (AvgIpc) is 3.27. The molecule has 0 aliphatic carbocycles. The Kier molecular flexibility index (Phi) is 5.24. The van der Waals surface area contributed by atoms with Gasteiger partial charge in [0, 0.05) is 29.7 Å². The Labute approximate surface area is 175 Å². The molecule has 1 saturated heterocycles. The van der Waals surface area contributed by atoms with Gasteiger partial charge in [0.15, 0.2) is 0 Å². The zero-order chi connectivity index (χ0) is 21.4. The maximum atomic E-state index is 14.3. The van der Waals surface area contributed by atoms with Gasteiger partial charge in [-0.2, -0.15) is 0 Å². The van der Waals surface area contributed by atoms with Gasteiger partial charge in [0.25, 0.3) is 0 Å². The van der Waals surface area contributed by atoms with Crippen molar-refractivity contribution in [1.82, 2.24) is 24.5 Å². The number of allylic oxidation sites excluding steroid dienone is 1. The predicted octanol–water partition coefficient (Wildman–Crippen LogP) is 4.18. The quantitative estimate of drug-likeness (QED) is 0.643. The molecule has 0 spiro atoms. The standard InChI is InChI=1S/C22H26FN7/c1-13(2)25-18-6-7-19(26-15(18)5)16-8-9-30-21(16)10-24-22(28-30)27-20-12-29(14(3)4)11-17(20)23/h6-10,17,20H,3,11-12H2,1-2,4-5H3,(H,27,28). The van der Waals surface area contributed by atoms with Gasteiger partial charge in [-0.1, -0.05) is 6.58 Å². The Morgan fingerprint density at radius 1 is 1.23 bits per heavy atom. The van der Waals surface area contributed by atoms with Crippen molar-refractivity contribution in [3.05, 3.63) is 48.6 Å². The molecule has 3 aromatic heterocycles. The second-order valence-corrected chi connectivity index (χ2v) is 7.91. The maximum Gasteiger partial charge on any atom is 0.241 e. The predicted molar refractivity (Wildman–Crippen MR) is 118 cm³/mol. The van der Waals surface area contributed by atoms with Crippen LogP contribution in [-0.2, 0) is 0 Å². The number of alkyl halides is 1. The molecule has 0 amide bonds. The first-order chi connectivity index (χ1) is 14.3. The highest BCUT2D eigenvalue weighted by Gasteiger charge is 2.33. The molecule has 0 aromatic carbocycles. The highest BCUT2D eigenvalue weighted by Crippen LogP contribution is 2.27. The van der Waals surface area contributed by atoms with E-state index in [0.29, 0.717) is 19.0 Å². The molecular weight excluding hydrogens is 381 g/mol. The molecule has 1 N–H and O–H groups in total. The van der Waals surface area contributed by atoms with E-state index in [4.69, 9.17) is 4.98 Å². The summed E-state index contributed by atoms with van der Waals surface area (Å²) in [6.45, 7) is 12.5. The number of hydrogen-bond donors (Lipinski definition) is 1. The first-order valence-electron chi connectivity index (χ1n) is 9.97. The fourth-order valence-corrected chi connectivity index (χ4v) is 3.62. The van der Waals surface area contributed by atoms with Gasteiger partial charge in [-0.3, -0.25) is 9.98 Å². The smallest absolute Gasteiger partial charge is 0.241 e. The molecule has 7 nitrogen and oxygen atoms in total. The van der Waals surface area contributed by atoms with Crippen LogP contribution in [0.25, 0.3) is 16.8 Å². The van der Waals surface area contributed by atoms with Crippen LogP contribution in [0.15, 0.2) is 47.9 Å². The summed E-state index contributed by atoms with van der Waals surface area (Å²) in [7, 11) is 0. The molecule has 30 heavy (non-hydrogen) atoms. The lowest BCUT2D eigenvalue weighted by molar-refractivity contribution is 0.317. The van der Waals surface area contributed by atoms with Crippen molar-refractivity contribution in [3.8, 4) is 11.3 Å². The number of anilines is 1. The normalized spacial score (nSPS) is 18.6. The van der Waals surface area contributed by atoms with Crippen molar-refractivity contribution < 1.29 is 4.39 Å². The summed E-state index contributed by atoms with van der Waals surface area (Å²) in [4.78, 5) is 15.5. The third kappa shape index (κ3) is 3.90. The van der Waals surface area contributed by atoms with Crippen LogP contribution in [0.1, 0.15) is 26.5 Å². The van der Waals surface area contributed by atoms with Gasteiger partial charge in [-0.25, -0.2) is 13.9 Å². The minimum atomic E-state index is -0.999. The van der Waals surface area contributed by atoms with E-state index < -0.39 is 6.17 Å². The molecular formula is C22H26FN7. The van der Waals surface area contributed by atoms with Crippen LogP contribution in [0.3, 0.4) is 0 Å². The fraction of sp³-hybridized carbons (Fsp3) is 0.364. The third-order valence-corrected chi connectivity index (χ3v) is 5.20. The van der Waals surface area contributed by atoms with Gasteiger partial charge >= 0.3 is 0 Å². The summed E-state index contributed by atoms with van der Waals surface area (Å²) in [5.74, 6) is 0.396. The molecule has 0 saturated carbocycles. The molecule has 0 bridgehead atoms. The van der Waals surface area contributed by atoms with Gasteiger partial charge in [0.05, 0.1) is 41.4 Å². The third-order valence-electron chi connectivity index (χ3n) is 5.20. The molecule has 0 radical (unpaired) electrons. The van der Waals surface area contributed by atoms with Crippen molar-refractivity contribution in [2.45, 2.75) is 39.9 Å². The van der Waals surface area contributed by atoms with Crippen LogP contribution in [0.4, 0.5) is 16.0 Å². The molecule has 4 heterocycles. The lowest BCUT2D eigenvalue weighted by Gasteiger charge is -2.17. The van der Waals surface area contributed by atoms with Gasteiger partial charge in [-0.05, 0) is 45.9 Å². The number of fused-ring (bicyclic) bond motifs is 1. The summed E-state index contributed by atoms with van der Waals surface area (Å²) in [6.07, 6.45) is 2.60. The van der Waals surface area contributed by atoms with E-state index in [-0.39, 0.29) is 6.04 Å². The van der Waals surface area contributed by atoms with Gasteiger partial charge < -0.3 is 10.2 Å². The van der Waals surface area contributed by atoms with Crippen molar-refractivity contribution >= 4 is 22.9 Å². The first-order valence-corrected chi connectivity index (χ1v) is 9.97. The van der Waals surface area contributed by atoms with Crippen molar-refractivity contribution in [1.29, 1.82) is 0 Å². The summed E-state index contributed by atoms with van der Waals surface area (Å²) in [5, 5.41) is 7.63. The van der Waals surface area contributed by atoms with E-state index in [1.165, 1.54) is 0 Å². The first kappa shape index (κ1) is 20.0. The maximum absolute atomic E-state index is 14.3. The molecule has 156 valence electrons. The fourth-order valence-electron chi connectivity index (χ4n) is 3.62. The molecule has 1 aliphatic rings. The van der Waals surface area contributed by atoms with E-state index in [9.17, 15) is 4.39 Å². The summed E-state index contributed by atoms with van der Waals surface area (Å²) in [5.41, 5.74) is 6.19. The summed E-state index contributed by atoms with van der Waals surface area (Å²) < 4.78 is 16.1. The number of aromatic nitrogens is 4. The number of halogens is 1. The lowest BCUT2D eigenvalue weighted by Crippen LogP contribution is -2.30. The Hall–Kier alpha value is -3.29. The number of aryl methyl sites for hydroxylation is 1. The van der Waals surface area contributed by atoms with Crippen molar-refractivity contribution in [2.24, 2.45) is 4.99 Å². The van der Waals surface area contributed by atoms with Crippen LogP contribution in [0.5, 0.6) is 0 Å². The number of rotatable bonds is 5. The largest absolute Gasteiger partial charge is 0.370 e.